The molecule has 6 heteroatoms. The lowest BCUT2D eigenvalue weighted by molar-refractivity contribution is 0.0937. The zero-order chi connectivity index (χ0) is 21.8. The number of aromatic nitrogens is 1. The Morgan fingerprint density at radius 3 is 2.42 bits per heavy atom. The van der Waals surface area contributed by atoms with E-state index in [-0.39, 0.29) is 22.9 Å². The number of hydrogen-bond acceptors (Lipinski definition) is 3. The van der Waals surface area contributed by atoms with Crippen molar-refractivity contribution in [3.63, 3.8) is 0 Å². The summed E-state index contributed by atoms with van der Waals surface area (Å²) >= 11 is 0. The van der Waals surface area contributed by atoms with Crippen LogP contribution in [0.3, 0.4) is 0 Å². The highest BCUT2D eigenvalue weighted by atomic mass is 16.2. The first-order valence-corrected chi connectivity index (χ1v) is 9.90. The molecular formula is C25H21N3O3. The Morgan fingerprint density at radius 1 is 0.871 bits per heavy atom. The summed E-state index contributed by atoms with van der Waals surface area (Å²) in [6.07, 6.45) is 1.43. The number of carbonyl (C=O) groups is 2. The Labute approximate surface area is 178 Å². The number of H-pyrrole nitrogens is 1. The molecule has 0 saturated heterocycles. The van der Waals surface area contributed by atoms with E-state index < -0.39 is 5.91 Å². The fourth-order valence-corrected chi connectivity index (χ4v) is 3.37. The number of pyridine rings is 1. The number of hydrogen-bond donors (Lipinski definition) is 3. The third-order valence-corrected chi connectivity index (χ3v) is 5.06. The van der Waals surface area contributed by atoms with E-state index in [1.807, 2.05) is 25.1 Å². The first kappa shape index (κ1) is 20.1. The number of aromatic amines is 1. The minimum Gasteiger partial charge on any atom is -0.360 e. The van der Waals surface area contributed by atoms with Crippen LogP contribution in [0.25, 0.3) is 10.9 Å². The second-order valence-electron chi connectivity index (χ2n) is 7.22. The predicted octanol–water partition coefficient (Wildman–Crippen LogP) is 4.27. The normalized spacial score (nSPS) is 11.6. The Hall–Kier alpha value is -4.19. The van der Waals surface area contributed by atoms with E-state index in [2.05, 4.69) is 15.6 Å². The monoisotopic (exact) mass is 411 g/mol. The zero-order valence-electron chi connectivity index (χ0n) is 16.9. The maximum atomic E-state index is 12.7. The highest BCUT2D eigenvalue weighted by Crippen LogP contribution is 2.19. The summed E-state index contributed by atoms with van der Waals surface area (Å²) in [4.78, 5) is 40.8. The molecule has 0 aliphatic carbocycles. The second kappa shape index (κ2) is 8.67. The van der Waals surface area contributed by atoms with E-state index in [1.54, 1.807) is 60.7 Å². The summed E-state index contributed by atoms with van der Waals surface area (Å²) in [7, 11) is 0. The number of carbonyl (C=O) groups excluding carboxylic acids is 2. The second-order valence-corrected chi connectivity index (χ2v) is 7.22. The van der Waals surface area contributed by atoms with Crippen LogP contribution in [0.1, 0.15) is 39.2 Å². The standard InChI is InChI=1S/C25H21N3O3/c1-16(27-25(31)21-15-26-22-13-6-5-12-20(22)23(21)29)18-10-7-11-19(14-18)28-24(30)17-8-3-2-4-9-17/h2-16H,1H3,(H,26,29)(H,27,31)(H,28,30). The quantitative estimate of drug-likeness (QED) is 0.458. The Morgan fingerprint density at radius 2 is 1.61 bits per heavy atom. The van der Waals surface area contributed by atoms with Gasteiger partial charge in [-0.2, -0.15) is 0 Å². The molecule has 0 bridgehead atoms. The fourth-order valence-electron chi connectivity index (χ4n) is 3.37. The SMILES string of the molecule is CC(NC(=O)c1c[nH]c2ccccc2c1=O)c1cccc(NC(=O)c2ccccc2)c1. The number of rotatable bonds is 5. The molecule has 0 saturated carbocycles. The first-order valence-electron chi connectivity index (χ1n) is 9.90. The average molecular weight is 411 g/mol. The predicted molar refractivity (Wildman–Crippen MR) is 121 cm³/mol. The molecule has 4 aromatic rings. The van der Waals surface area contributed by atoms with Crippen LogP contribution >= 0.6 is 0 Å². The van der Waals surface area contributed by atoms with E-state index in [0.29, 0.717) is 22.2 Å². The maximum absolute atomic E-state index is 12.7. The van der Waals surface area contributed by atoms with Gasteiger partial charge < -0.3 is 15.6 Å². The molecule has 0 aliphatic heterocycles. The topological polar surface area (TPSA) is 91.1 Å². The lowest BCUT2D eigenvalue weighted by Crippen LogP contribution is -2.31. The van der Waals surface area contributed by atoms with Crippen LogP contribution in [0.4, 0.5) is 5.69 Å². The fraction of sp³-hybridized carbons (Fsp3) is 0.0800. The molecule has 1 heterocycles. The van der Waals surface area contributed by atoms with E-state index in [0.717, 1.165) is 5.56 Å². The van der Waals surface area contributed by atoms with Gasteiger partial charge in [0.2, 0.25) is 5.43 Å². The summed E-state index contributed by atoms with van der Waals surface area (Å²) in [6, 6.07) is 22.9. The number of anilines is 1. The first-order chi connectivity index (χ1) is 15.0. The Balaban J connectivity index is 1.50. The van der Waals surface area contributed by atoms with Gasteiger partial charge in [-0.05, 0) is 48.9 Å². The van der Waals surface area contributed by atoms with Crippen molar-refractivity contribution in [2.45, 2.75) is 13.0 Å². The lowest BCUT2D eigenvalue weighted by atomic mass is 10.1. The van der Waals surface area contributed by atoms with Crippen molar-refractivity contribution in [3.8, 4) is 0 Å². The Bertz CT molecular complexity index is 1310. The van der Waals surface area contributed by atoms with Crippen LogP contribution in [-0.2, 0) is 0 Å². The molecule has 0 spiro atoms. The summed E-state index contributed by atoms with van der Waals surface area (Å²) < 4.78 is 0. The van der Waals surface area contributed by atoms with Crippen LogP contribution in [0.5, 0.6) is 0 Å². The summed E-state index contributed by atoms with van der Waals surface area (Å²) in [5.41, 5.74) is 2.40. The minimum atomic E-state index is -0.460. The van der Waals surface area contributed by atoms with Gasteiger partial charge in [-0.25, -0.2) is 0 Å². The largest absolute Gasteiger partial charge is 0.360 e. The summed E-state index contributed by atoms with van der Waals surface area (Å²) in [5, 5.41) is 6.19. The molecule has 1 unspecified atom stereocenters. The third kappa shape index (κ3) is 4.38. The molecule has 3 N–H and O–H groups in total. The van der Waals surface area contributed by atoms with Crippen molar-refractivity contribution in [2.24, 2.45) is 0 Å². The average Bonchev–Trinajstić information content (AvgIpc) is 2.80. The molecule has 154 valence electrons. The van der Waals surface area contributed by atoms with Crippen molar-refractivity contribution < 1.29 is 9.59 Å². The van der Waals surface area contributed by atoms with Gasteiger partial charge in [-0.3, -0.25) is 14.4 Å². The van der Waals surface area contributed by atoms with Crippen molar-refractivity contribution in [2.75, 3.05) is 5.32 Å². The van der Waals surface area contributed by atoms with Crippen LogP contribution in [0, 0.1) is 0 Å². The van der Waals surface area contributed by atoms with Crippen LogP contribution in [0.2, 0.25) is 0 Å². The van der Waals surface area contributed by atoms with Gasteiger partial charge in [0, 0.05) is 28.4 Å². The zero-order valence-corrected chi connectivity index (χ0v) is 16.9. The van der Waals surface area contributed by atoms with Crippen LogP contribution in [-0.4, -0.2) is 16.8 Å². The van der Waals surface area contributed by atoms with Gasteiger partial charge in [0.05, 0.1) is 6.04 Å². The summed E-state index contributed by atoms with van der Waals surface area (Å²) in [5.74, 6) is -0.671. The van der Waals surface area contributed by atoms with Crippen molar-refractivity contribution in [1.29, 1.82) is 0 Å². The molecule has 1 atom stereocenters. The highest BCUT2D eigenvalue weighted by Gasteiger charge is 2.16. The van der Waals surface area contributed by atoms with Crippen LogP contribution in [0.15, 0.2) is 89.9 Å². The van der Waals surface area contributed by atoms with Gasteiger partial charge in [0.1, 0.15) is 5.56 Å². The molecule has 1 aromatic heterocycles. The van der Waals surface area contributed by atoms with Crippen molar-refractivity contribution >= 4 is 28.4 Å². The Kier molecular flexibility index (Phi) is 5.62. The molecule has 6 nitrogen and oxygen atoms in total. The van der Waals surface area contributed by atoms with Gasteiger partial charge in [-0.1, -0.05) is 42.5 Å². The van der Waals surface area contributed by atoms with Gasteiger partial charge in [0.15, 0.2) is 0 Å². The highest BCUT2D eigenvalue weighted by molar-refractivity contribution is 6.04. The maximum Gasteiger partial charge on any atom is 0.257 e. The van der Waals surface area contributed by atoms with E-state index in [9.17, 15) is 14.4 Å². The number of fused-ring (bicyclic) bond motifs is 1. The van der Waals surface area contributed by atoms with E-state index >= 15 is 0 Å². The molecule has 3 aromatic carbocycles. The number of amides is 2. The van der Waals surface area contributed by atoms with E-state index in [1.165, 1.54) is 6.20 Å². The van der Waals surface area contributed by atoms with Gasteiger partial charge in [0.25, 0.3) is 11.8 Å². The molecule has 4 rings (SSSR count). The lowest BCUT2D eigenvalue weighted by Gasteiger charge is -2.16. The molecule has 31 heavy (non-hydrogen) atoms. The van der Waals surface area contributed by atoms with Gasteiger partial charge >= 0.3 is 0 Å². The molecule has 2 amide bonds. The molecule has 0 fully saturated rings. The van der Waals surface area contributed by atoms with Gasteiger partial charge in [-0.15, -0.1) is 0 Å². The minimum absolute atomic E-state index is 0.0547. The molecular weight excluding hydrogens is 390 g/mol. The van der Waals surface area contributed by atoms with Crippen molar-refractivity contribution in [3.05, 3.63) is 112 Å². The van der Waals surface area contributed by atoms with Crippen molar-refractivity contribution in [1.82, 2.24) is 10.3 Å². The van der Waals surface area contributed by atoms with E-state index in [4.69, 9.17) is 0 Å². The number of benzene rings is 3. The summed E-state index contributed by atoms with van der Waals surface area (Å²) in [6.45, 7) is 1.82. The smallest absolute Gasteiger partial charge is 0.257 e. The molecule has 0 aliphatic rings. The number of para-hydroxylation sites is 1. The molecule has 0 radical (unpaired) electrons. The number of nitrogens with one attached hydrogen (secondary N) is 3. The third-order valence-electron chi connectivity index (χ3n) is 5.06. The van der Waals surface area contributed by atoms with Crippen LogP contribution < -0.4 is 16.1 Å².